The Balaban J connectivity index is 1.58. The number of anilines is 2. The number of halogens is 1. The molecule has 0 fully saturated rings. The van der Waals surface area contributed by atoms with E-state index in [2.05, 4.69) is 5.32 Å². The van der Waals surface area contributed by atoms with Crippen LogP contribution in [-0.2, 0) is 16.4 Å². The van der Waals surface area contributed by atoms with Gasteiger partial charge >= 0.3 is 0 Å². The fraction of sp³-hybridized carbons (Fsp3) is 0.136. The summed E-state index contributed by atoms with van der Waals surface area (Å²) in [7, 11) is -3.34. The van der Waals surface area contributed by atoms with Crippen LogP contribution in [0.3, 0.4) is 0 Å². The fourth-order valence-corrected chi connectivity index (χ4v) is 4.49. The summed E-state index contributed by atoms with van der Waals surface area (Å²) in [6.45, 7) is 0.378. The standard InChI is InChI=1S/C22H19ClN2O4S/c1-30(27,28)25-12-11-15-13-16(7-9-20(15)25)22(26)24-19-14-17(23)8-10-21(19)29-18-5-3-2-4-6-18/h2-10,13-14H,11-12H2,1H3,(H,24,26). The van der Waals surface area contributed by atoms with Gasteiger partial charge in [0.05, 0.1) is 17.6 Å². The van der Waals surface area contributed by atoms with Gasteiger partial charge in [0.1, 0.15) is 5.75 Å². The van der Waals surface area contributed by atoms with Crippen LogP contribution in [0.1, 0.15) is 15.9 Å². The minimum Gasteiger partial charge on any atom is -0.455 e. The van der Waals surface area contributed by atoms with Crippen molar-refractivity contribution in [3.8, 4) is 11.5 Å². The summed E-state index contributed by atoms with van der Waals surface area (Å²) in [5.74, 6) is 0.757. The molecule has 1 aliphatic rings. The average Bonchev–Trinajstić information content (AvgIpc) is 3.14. The number of amides is 1. The molecule has 1 aliphatic heterocycles. The molecule has 0 saturated carbocycles. The Morgan fingerprint density at radius 3 is 2.57 bits per heavy atom. The lowest BCUT2D eigenvalue weighted by Gasteiger charge is -2.16. The van der Waals surface area contributed by atoms with Crippen LogP contribution >= 0.6 is 11.6 Å². The SMILES string of the molecule is CS(=O)(=O)N1CCc2cc(C(=O)Nc3cc(Cl)ccc3Oc3ccccc3)ccc21. The van der Waals surface area contributed by atoms with Crippen molar-refractivity contribution in [1.29, 1.82) is 0 Å². The predicted molar refractivity (Wildman–Crippen MR) is 118 cm³/mol. The molecule has 0 radical (unpaired) electrons. The first-order chi connectivity index (χ1) is 14.3. The maximum absolute atomic E-state index is 12.9. The van der Waals surface area contributed by atoms with Gasteiger partial charge in [0, 0.05) is 17.1 Å². The van der Waals surface area contributed by atoms with Gasteiger partial charge in [-0.2, -0.15) is 0 Å². The van der Waals surface area contributed by atoms with E-state index in [-0.39, 0.29) is 5.91 Å². The lowest BCUT2D eigenvalue weighted by Crippen LogP contribution is -2.27. The summed E-state index contributed by atoms with van der Waals surface area (Å²) in [5, 5.41) is 3.30. The molecule has 0 aromatic heterocycles. The van der Waals surface area contributed by atoms with Crippen LogP contribution in [0.2, 0.25) is 5.02 Å². The highest BCUT2D eigenvalue weighted by Gasteiger charge is 2.27. The van der Waals surface area contributed by atoms with Crippen molar-refractivity contribution < 1.29 is 17.9 Å². The number of nitrogens with one attached hydrogen (secondary N) is 1. The summed E-state index contributed by atoms with van der Waals surface area (Å²) in [6, 6.07) is 19.2. The summed E-state index contributed by atoms with van der Waals surface area (Å²) in [5.41, 5.74) is 2.30. The van der Waals surface area contributed by atoms with E-state index in [1.807, 2.05) is 30.3 Å². The van der Waals surface area contributed by atoms with E-state index in [1.165, 1.54) is 10.6 Å². The van der Waals surface area contributed by atoms with Gasteiger partial charge in [0.2, 0.25) is 10.0 Å². The number of hydrogen-bond acceptors (Lipinski definition) is 4. The van der Waals surface area contributed by atoms with Gasteiger partial charge in [-0.05, 0) is 60.5 Å². The van der Waals surface area contributed by atoms with Gasteiger partial charge in [-0.25, -0.2) is 8.42 Å². The molecule has 30 heavy (non-hydrogen) atoms. The normalized spacial score (nSPS) is 13.1. The van der Waals surface area contributed by atoms with E-state index in [4.69, 9.17) is 16.3 Å². The van der Waals surface area contributed by atoms with E-state index < -0.39 is 10.0 Å². The number of carbonyl (C=O) groups is 1. The summed E-state index contributed by atoms with van der Waals surface area (Å²) in [6.07, 6.45) is 1.74. The summed E-state index contributed by atoms with van der Waals surface area (Å²) in [4.78, 5) is 12.9. The van der Waals surface area contributed by atoms with Crippen LogP contribution in [0, 0.1) is 0 Å². The second-order valence-corrected chi connectivity index (χ2v) is 9.28. The van der Waals surface area contributed by atoms with Gasteiger partial charge < -0.3 is 10.1 Å². The topological polar surface area (TPSA) is 75.7 Å². The Morgan fingerprint density at radius 1 is 1.07 bits per heavy atom. The second-order valence-electron chi connectivity index (χ2n) is 6.94. The van der Waals surface area contributed by atoms with E-state index in [1.54, 1.807) is 36.4 Å². The largest absolute Gasteiger partial charge is 0.455 e. The first-order valence-corrected chi connectivity index (χ1v) is 11.5. The third-order valence-electron chi connectivity index (χ3n) is 4.76. The Labute approximate surface area is 180 Å². The first-order valence-electron chi connectivity index (χ1n) is 9.26. The summed E-state index contributed by atoms with van der Waals surface area (Å²) >= 11 is 6.12. The van der Waals surface area contributed by atoms with Crippen molar-refractivity contribution in [2.45, 2.75) is 6.42 Å². The van der Waals surface area contributed by atoms with Gasteiger partial charge in [0.25, 0.3) is 5.91 Å². The minimum absolute atomic E-state index is 0.337. The monoisotopic (exact) mass is 442 g/mol. The molecule has 1 amide bonds. The van der Waals surface area contributed by atoms with Gasteiger partial charge in [0.15, 0.2) is 5.75 Å². The Bertz CT molecular complexity index is 1210. The van der Waals surface area contributed by atoms with Crippen LogP contribution in [0.4, 0.5) is 11.4 Å². The molecule has 1 heterocycles. The van der Waals surface area contributed by atoms with E-state index in [0.29, 0.717) is 46.4 Å². The number of hydrogen-bond donors (Lipinski definition) is 1. The fourth-order valence-electron chi connectivity index (χ4n) is 3.36. The van der Waals surface area contributed by atoms with Crippen LogP contribution in [-0.4, -0.2) is 27.1 Å². The number of sulfonamides is 1. The molecule has 0 unspecified atom stereocenters. The quantitative estimate of drug-likeness (QED) is 0.621. The minimum atomic E-state index is -3.34. The maximum Gasteiger partial charge on any atom is 0.255 e. The van der Waals surface area contributed by atoms with Crippen molar-refractivity contribution in [3.05, 3.63) is 82.9 Å². The lowest BCUT2D eigenvalue weighted by molar-refractivity contribution is 0.102. The molecule has 0 aliphatic carbocycles. The molecule has 154 valence electrons. The highest BCUT2D eigenvalue weighted by atomic mass is 35.5. The highest BCUT2D eigenvalue weighted by molar-refractivity contribution is 7.92. The number of para-hydroxylation sites is 1. The summed E-state index contributed by atoms with van der Waals surface area (Å²) < 4.78 is 31.0. The molecular weight excluding hydrogens is 424 g/mol. The molecule has 0 bridgehead atoms. The number of benzene rings is 3. The second kappa shape index (κ2) is 8.01. The predicted octanol–water partition coefficient (Wildman–Crippen LogP) is 4.71. The van der Waals surface area contributed by atoms with Gasteiger partial charge in [-0.3, -0.25) is 9.10 Å². The van der Waals surface area contributed by atoms with Crippen molar-refractivity contribution >= 4 is 38.9 Å². The Hall–Kier alpha value is -3.03. The number of ether oxygens (including phenoxy) is 1. The Morgan fingerprint density at radius 2 is 1.83 bits per heavy atom. The molecule has 3 aromatic carbocycles. The van der Waals surface area contributed by atoms with E-state index >= 15 is 0 Å². The van der Waals surface area contributed by atoms with Crippen LogP contribution in [0.15, 0.2) is 66.7 Å². The molecule has 6 nitrogen and oxygen atoms in total. The van der Waals surface area contributed by atoms with E-state index in [0.717, 1.165) is 5.56 Å². The van der Waals surface area contributed by atoms with Crippen molar-refractivity contribution in [2.24, 2.45) is 0 Å². The van der Waals surface area contributed by atoms with Crippen molar-refractivity contribution in [1.82, 2.24) is 0 Å². The molecule has 0 spiro atoms. The van der Waals surface area contributed by atoms with Crippen molar-refractivity contribution in [3.63, 3.8) is 0 Å². The Kier molecular flexibility index (Phi) is 5.40. The smallest absolute Gasteiger partial charge is 0.255 e. The van der Waals surface area contributed by atoms with Crippen molar-refractivity contribution in [2.75, 3.05) is 22.4 Å². The number of fused-ring (bicyclic) bond motifs is 1. The first kappa shape index (κ1) is 20.3. The number of nitrogens with zero attached hydrogens (tertiary/aromatic N) is 1. The zero-order valence-electron chi connectivity index (χ0n) is 16.1. The van der Waals surface area contributed by atoms with E-state index in [9.17, 15) is 13.2 Å². The molecular formula is C22H19ClN2O4S. The van der Waals surface area contributed by atoms with Gasteiger partial charge in [-0.1, -0.05) is 29.8 Å². The maximum atomic E-state index is 12.9. The molecule has 8 heteroatoms. The highest BCUT2D eigenvalue weighted by Crippen LogP contribution is 2.34. The zero-order chi connectivity index (χ0) is 21.3. The molecule has 0 atom stereocenters. The van der Waals surface area contributed by atoms with Crippen LogP contribution in [0.25, 0.3) is 0 Å². The number of carbonyl (C=O) groups excluding carboxylic acids is 1. The third-order valence-corrected chi connectivity index (χ3v) is 6.17. The number of rotatable bonds is 5. The third kappa shape index (κ3) is 4.27. The van der Waals surface area contributed by atoms with Crippen LogP contribution in [0.5, 0.6) is 11.5 Å². The molecule has 3 aromatic rings. The average molecular weight is 443 g/mol. The molecule has 0 saturated heterocycles. The van der Waals surface area contributed by atoms with Crippen LogP contribution < -0.4 is 14.4 Å². The molecule has 1 N–H and O–H groups in total. The molecule has 4 rings (SSSR count). The zero-order valence-corrected chi connectivity index (χ0v) is 17.7. The van der Waals surface area contributed by atoms with Gasteiger partial charge in [-0.15, -0.1) is 0 Å². The lowest BCUT2D eigenvalue weighted by atomic mass is 10.1.